The molecule has 0 aliphatic carbocycles. The molecule has 0 radical (unpaired) electrons. The van der Waals surface area contributed by atoms with Gasteiger partial charge in [-0.15, -0.1) is 0 Å². The number of aryl methyl sites for hydroxylation is 1. The number of aromatic nitrogens is 3. The molecule has 1 aliphatic heterocycles. The number of pyridine rings is 1. The highest BCUT2D eigenvalue weighted by Crippen LogP contribution is 2.33. The summed E-state index contributed by atoms with van der Waals surface area (Å²) in [5.41, 5.74) is 1.89. The molecule has 2 atom stereocenters. The second-order valence-corrected chi connectivity index (χ2v) is 7.56. The van der Waals surface area contributed by atoms with Gasteiger partial charge < -0.3 is 15.3 Å². The number of likely N-dealkylation sites (N-methyl/N-ethyl adjacent to an activating group) is 1. The van der Waals surface area contributed by atoms with Crippen molar-refractivity contribution in [3.63, 3.8) is 0 Å². The van der Waals surface area contributed by atoms with Crippen molar-refractivity contribution in [3.05, 3.63) is 46.5 Å². The van der Waals surface area contributed by atoms with Gasteiger partial charge in [-0.1, -0.05) is 23.4 Å². The third-order valence-corrected chi connectivity index (χ3v) is 4.71. The molecule has 0 amide bonds. The lowest BCUT2D eigenvalue weighted by Crippen LogP contribution is -2.49. The van der Waals surface area contributed by atoms with E-state index in [1.54, 1.807) is 17.1 Å². The van der Waals surface area contributed by atoms with E-state index < -0.39 is 5.60 Å². The lowest BCUT2D eigenvalue weighted by molar-refractivity contribution is -0.0235. The van der Waals surface area contributed by atoms with Crippen molar-refractivity contribution in [2.24, 2.45) is 7.05 Å². The van der Waals surface area contributed by atoms with Crippen LogP contribution in [0.25, 0.3) is 0 Å². The van der Waals surface area contributed by atoms with Crippen LogP contribution in [0.15, 0.2) is 24.7 Å². The van der Waals surface area contributed by atoms with Gasteiger partial charge >= 0.3 is 0 Å². The first-order valence-corrected chi connectivity index (χ1v) is 8.99. The van der Waals surface area contributed by atoms with Crippen molar-refractivity contribution in [1.82, 2.24) is 25.0 Å². The van der Waals surface area contributed by atoms with Gasteiger partial charge in [-0.25, -0.2) is 4.98 Å². The Kier molecular flexibility index (Phi) is 5.64. The predicted molar refractivity (Wildman–Crippen MR) is 102 cm³/mol. The van der Waals surface area contributed by atoms with E-state index in [4.69, 9.17) is 11.6 Å². The number of rotatable bonds is 3. The smallest absolute Gasteiger partial charge is 0.129 e. The standard InChI is InChI=1S/C19H24ClN5O/c1-24(2)13-19(26)6-7-21-17(9-19)16-8-18(20)22-11-15(16)5-4-14-10-23-25(3)12-14/h8,10-12,17,21,26H,6-7,9,13H2,1-3H3. The molecular formula is C19H24ClN5O. The monoisotopic (exact) mass is 373 g/mol. The molecule has 26 heavy (non-hydrogen) atoms. The first-order chi connectivity index (χ1) is 12.3. The van der Waals surface area contributed by atoms with Gasteiger partial charge in [0.25, 0.3) is 0 Å². The van der Waals surface area contributed by atoms with Gasteiger partial charge in [0.05, 0.1) is 17.4 Å². The lowest BCUT2D eigenvalue weighted by atomic mass is 9.83. The fourth-order valence-corrected chi connectivity index (χ4v) is 3.61. The van der Waals surface area contributed by atoms with E-state index in [-0.39, 0.29) is 6.04 Å². The molecule has 0 saturated carbocycles. The lowest BCUT2D eigenvalue weighted by Gasteiger charge is -2.39. The molecule has 2 N–H and O–H groups in total. The minimum atomic E-state index is -0.733. The Morgan fingerprint density at radius 2 is 2.23 bits per heavy atom. The SMILES string of the molecule is CN(C)CC1(O)CCNC(c2cc(Cl)ncc2C#Cc2cnn(C)c2)C1. The number of hydrogen-bond donors (Lipinski definition) is 2. The Labute approximate surface area is 159 Å². The second-order valence-electron chi connectivity index (χ2n) is 7.17. The first kappa shape index (κ1) is 18.9. The Bertz CT molecular complexity index is 838. The van der Waals surface area contributed by atoms with Crippen LogP contribution in [0.1, 0.15) is 35.6 Å². The summed E-state index contributed by atoms with van der Waals surface area (Å²) in [7, 11) is 5.81. The number of halogens is 1. The van der Waals surface area contributed by atoms with E-state index >= 15 is 0 Å². The third kappa shape index (κ3) is 4.63. The van der Waals surface area contributed by atoms with Gasteiger partial charge in [0.2, 0.25) is 0 Å². The molecular weight excluding hydrogens is 350 g/mol. The quantitative estimate of drug-likeness (QED) is 0.631. The largest absolute Gasteiger partial charge is 0.388 e. The van der Waals surface area contributed by atoms with E-state index in [1.807, 2.05) is 38.3 Å². The van der Waals surface area contributed by atoms with E-state index in [9.17, 15) is 5.11 Å². The van der Waals surface area contributed by atoms with Gasteiger partial charge in [0.1, 0.15) is 5.15 Å². The highest BCUT2D eigenvalue weighted by molar-refractivity contribution is 6.29. The van der Waals surface area contributed by atoms with Crippen LogP contribution in [0.5, 0.6) is 0 Å². The summed E-state index contributed by atoms with van der Waals surface area (Å²) < 4.78 is 1.72. The summed E-state index contributed by atoms with van der Waals surface area (Å²) in [6.45, 7) is 1.37. The zero-order valence-electron chi connectivity index (χ0n) is 15.3. The first-order valence-electron chi connectivity index (χ1n) is 8.61. The molecule has 138 valence electrons. The molecule has 2 unspecified atom stereocenters. The maximum Gasteiger partial charge on any atom is 0.129 e. The molecule has 7 heteroatoms. The molecule has 0 spiro atoms. The van der Waals surface area contributed by atoms with Crippen LogP contribution in [-0.4, -0.2) is 57.6 Å². The van der Waals surface area contributed by atoms with Gasteiger partial charge in [-0.05, 0) is 45.1 Å². The molecule has 1 saturated heterocycles. The van der Waals surface area contributed by atoms with Crippen molar-refractivity contribution in [1.29, 1.82) is 0 Å². The Hall–Kier alpha value is -1.91. The molecule has 6 nitrogen and oxygen atoms in total. The molecule has 1 aliphatic rings. The van der Waals surface area contributed by atoms with Crippen LogP contribution in [0, 0.1) is 11.8 Å². The molecule has 3 rings (SSSR count). The van der Waals surface area contributed by atoms with Crippen molar-refractivity contribution in [2.75, 3.05) is 27.2 Å². The average molecular weight is 374 g/mol. The Morgan fingerprint density at radius 1 is 1.42 bits per heavy atom. The fourth-order valence-electron chi connectivity index (χ4n) is 3.45. The van der Waals surface area contributed by atoms with E-state index in [1.165, 1.54) is 0 Å². The number of nitrogens with one attached hydrogen (secondary N) is 1. The normalized spacial score (nSPS) is 22.9. The summed E-state index contributed by atoms with van der Waals surface area (Å²) in [4.78, 5) is 6.20. The van der Waals surface area contributed by atoms with Crippen molar-refractivity contribution >= 4 is 11.6 Å². The van der Waals surface area contributed by atoms with Gasteiger partial charge in [-0.3, -0.25) is 4.68 Å². The van der Waals surface area contributed by atoms with Crippen LogP contribution in [0.4, 0.5) is 0 Å². The zero-order valence-corrected chi connectivity index (χ0v) is 16.1. The number of piperidine rings is 1. The molecule has 2 aromatic rings. The molecule has 0 bridgehead atoms. The Balaban J connectivity index is 1.89. The van der Waals surface area contributed by atoms with Crippen molar-refractivity contribution in [3.8, 4) is 11.8 Å². The van der Waals surface area contributed by atoms with Gasteiger partial charge in [-0.2, -0.15) is 5.10 Å². The highest BCUT2D eigenvalue weighted by Gasteiger charge is 2.36. The summed E-state index contributed by atoms with van der Waals surface area (Å²) >= 11 is 6.14. The van der Waals surface area contributed by atoms with E-state index in [2.05, 4.69) is 27.2 Å². The number of hydrogen-bond acceptors (Lipinski definition) is 5. The maximum atomic E-state index is 11.0. The molecule has 0 aromatic carbocycles. The zero-order chi connectivity index (χ0) is 18.7. The van der Waals surface area contributed by atoms with Crippen LogP contribution in [0.3, 0.4) is 0 Å². The van der Waals surface area contributed by atoms with Crippen LogP contribution < -0.4 is 5.32 Å². The van der Waals surface area contributed by atoms with Crippen LogP contribution in [-0.2, 0) is 7.05 Å². The highest BCUT2D eigenvalue weighted by atomic mass is 35.5. The average Bonchev–Trinajstić information content (AvgIpc) is 2.98. The summed E-state index contributed by atoms with van der Waals surface area (Å²) in [6.07, 6.45) is 6.61. The predicted octanol–water partition coefficient (Wildman–Crippen LogP) is 1.59. The van der Waals surface area contributed by atoms with E-state index in [0.717, 1.165) is 29.7 Å². The number of aliphatic hydroxyl groups is 1. The summed E-state index contributed by atoms with van der Waals surface area (Å²) in [5, 5.41) is 19.0. The van der Waals surface area contributed by atoms with Crippen molar-refractivity contribution < 1.29 is 5.11 Å². The van der Waals surface area contributed by atoms with Gasteiger partial charge in [0, 0.05) is 37.6 Å². The van der Waals surface area contributed by atoms with Gasteiger partial charge in [0.15, 0.2) is 0 Å². The maximum absolute atomic E-state index is 11.0. The molecule has 1 fully saturated rings. The molecule has 3 heterocycles. The Morgan fingerprint density at radius 3 is 2.92 bits per heavy atom. The molecule has 2 aromatic heterocycles. The van der Waals surface area contributed by atoms with E-state index in [0.29, 0.717) is 18.1 Å². The second kappa shape index (κ2) is 7.77. The summed E-state index contributed by atoms with van der Waals surface area (Å²) in [6, 6.07) is 1.82. The third-order valence-electron chi connectivity index (χ3n) is 4.50. The van der Waals surface area contributed by atoms with Crippen molar-refractivity contribution in [2.45, 2.75) is 24.5 Å². The van der Waals surface area contributed by atoms with Crippen LogP contribution >= 0.6 is 11.6 Å². The minimum Gasteiger partial charge on any atom is -0.388 e. The fraction of sp³-hybridized carbons (Fsp3) is 0.474. The topological polar surface area (TPSA) is 66.2 Å². The summed E-state index contributed by atoms with van der Waals surface area (Å²) in [5.74, 6) is 6.30. The van der Waals surface area contributed by atoms with Crippen LogP contribution in [0.2, 0.25) is 5.15 Å². The number of nitrogens with zero attached hydrogens (tertiary/aromatic N) is 4. The minimum absolute atomic E-state index is 0.0209.